The van der Waals surface area contributed by atoms with Crippen molar-refractivity contribution in [2.75, 3.05) is 0 Å². The first-order valence-electron chi connectivity index (χ1n) is 22.4. The number of furan rings is 1. The van der Waals surface area contributed by atoms with E-state index in [1.54, 1.807) is 12.1 Å². The van der Waals surface area contributed by atoms with E-state index in [0.717, 1.165) is 60.9 Å². The summed E-state index contributed by atoms with van der Waals surface area (Å²) in [5, 5.41) is 5.63. The quantitative estimate of drug-likeness (QED) is 0.0874. The van der Waals surface area contributed by atoms with Crippen molar-refractivity contribution in [3.8, 4) is 67.3 Å². The molecule has 2 unspecified atom stereocenters. The molecule has 8 aromatic carbocycles. The first kappa shape index (κ1) is 32.0. The molecule has 10 aromatic rings. The zero-order valence-corrected chi connectivity index (χ0v) is 33.2. The smallest absolute Gasteiger partial charge is 0.143 e. The zero-order chi connectivity index (χ0) is 44.3. The number of fused-ring (bicyclic) bond motifs is 5. The van der Waals surface area contributed by atoms with Gasteiger partial charge in [-0.15, -0.1) is 6.58 Å². The van der Waals surface area contributed by atoms with Gasteiger partial charge in [-0.1, -0.05) is 188 Å². The summed E-state index contributed by atoms with van der Waals surface area (Å²) in [4.78, 5) is 9.47. The fourth-order valence-electron chi connectivity index (χ4n) is 9.05. The van der Waals surface area contributed by atoms with Crippen LogP contribution in [0.5, 0.6) is 0 Å². The van der Waals surface area contributed by atoms with E-state index in [2.05, 4.69) is 109 Å². The van der Waals surface area contributed by atoms with Gasteiger partial charge < -0.3 is 4.42 Å². The molecule has 3 heteroatoms. The summed E-state index contributed by atoms with van der Waals surface area (Å²) in [7, 11) is 0. The van der Waals surface area contributed by atoms with Crippen LogP contribution < -0.4 is 0 Å². The normalized spacial score (nSPS) is 15.5. The summed E-state index contributed by atoms with van der Waals surface area (Å²) in [6.07, 6.45) is 5.86. The highest BCUT2D eigenvalue weighted by atomic mass is 16.3. The number of aromatic nitrogens is 1. The minimum atomic E-state index is -0.359. The molecule has 0 amide bonds. The van der Waals surface area contributed by atoms with Crippen LogP contribution in [0.4, 0.5) is 0 Å². The summed E-state index contributed by atoms with van der Waals surface area (Å²) in [6.45, 7) is 7.84. The van der Waals surface area contributed by atoms with Crippen molar-refractivity contribution in [2.24, 2.45) is 10.9 Å². The van der Waals surface area contributed by atoms with E-state index in [9.17, 15) is 2.74 Å². The number of rotatable bonds is 8. The third-order valence-electron chi connectivity index (χ3n) is 11.9. The van der Waals surface area contributed by atoms with Gasteiger partial charge in [-0.2, -0.15) is 0 Å². The molecule has 2 atom stereocenters. The minimum absolute atomic E-state index is 0.0131. The van der Waals surface area contributed by atoms with Crippen molar-refractivity contribution < 1.29 is 9.90 Å². The molecule has 0 saturated carbocycles. The monoisotopic (exact) mass is 784 g/mol. The Labute approximate surface area is 361 Å². The molecule has 61 heavy (non-hydrogen) atoms. The van der Waals surface area contributed by atoms with Gasteiger partial charge in [-0.25, -0.2) is 4.98 Å². The summed E-state index contributed by atoms with van der Waals surface area (Å²) in [5.74, 6) is 1.31. The SMILES string of the molecule is [2H]c1cc2c(-c3cccc(-c4oc(-c5cc6ccccc6c6ccccc56)c(-c5ccccc5)c4-c4ccccc4)c3)c([2H])c([2H])c(-c3ccc4c(n3)C(N=C)C(C=C)C=C4)c2cc1[2H]. The lowest BCUT2D eigenvalue weighted by molar-refractivity contribution is 0.599. The maximum Gasteiger partial charge on any atom is 0.143 e. The van der Waals surface area contributed by atoms with E-state index in [1.165, 1.54) is 5.39 Å². The molecular weight excluding hydrogens is 741 g/mol. The van der Waals surface area contributed by atoms with E-state index in [4.69, 9.17) is 12.1 Å². The van der Waals surface area contributed by atoms with Crippen molar-refractivity contribution in [3.63, 3.8) is 0 Å². The fraction of sp³-hybridized carbons (Fsp3) is 0.0345. The van der Waals surface area contributed by atoms with Crippen LogP contribution in [0.2, 0.25) is 0 Å². The van der Waals surface area contributed by atoms with Gasteiger partial charge >= 0.3 is 0 Å². The predicted octanol–water partition coefficient (Wildman–Crippen LogP) is 15.7. The molecule has 1 aliphatic carbocycles. The van der Waals surface area contributed by atoms with Crippen LogP contribution in [0.15, 0.2) is 216 Å². The van der Waals surface area contributed by atoms with Crippen molar-refractivity contribution in [1.29, 1.82) is 0 Å². The van der Waals surface area contributed by atoms with Crippen LogP contribution in [0.25, 0.3) is 106 Å². The molecule has 2 aromatic heterocycles. The highest BCUT2D eigenvalue weighted by Gasteiger charge is 2.28. The summed E-state index contributed by atoms with van der Waals surface area (Å²) in [6, 6.07) is 54.5. The number of aliphatic imine (C=N–C) groups is 1. The largest absolute Gasteiger partial charge is 0.455 e. The topological polar surface area (TPSA) is 38.4 Å². The van der Waals surface area contributed by atoms with Crippen LogP contribution in [0.1, 0.15) is 22.8 Å². The molecule has 3 nitrogen and oxygen atoms in total. The average molecular weight is 785 g/mol. The zero-order valence-electron chi connectivity index (χ0n) is 37.2. The molecule has 0 fully saturated rings. The van der Waals surface area contributed by atoms with Crippen molar-refractivity contribution in [2.45, 2.75) is 6.04 Å². The first-order valence-corrected chi connectivity index (χ1v) is 20.4. The predicted molar refractivity (Wildman–Crippen MR) is 257 cm³/mol. The van der Waals surface area contributed by atoms with E-state index >= 15 is 0 Å². The van der Waals surface area contributed by atoms with Gasteiger partial charge in [0.1, 0.15) is 17.6 Å². The maximum absolute atomic E-state index is 9.71. The standard InChI is InChI=1S/C58H40N2O/c1-3-37-29-30-40-31-34-52(60-56(40)55(37)59-2)50-33-32-45(47-26-12-14-27-48(47)50)41-22-16-23-43(35-41)57-53(38-17-6-4-7-18-38)54(39-19-8-5-9-20-39)58(61-57)51-36-42-21-10-11-24-44(42)46-25-13-15-28-49(46)51/h3-37,55H,1-2H2/i12D,14D,32D,33D. The van der Waals surface area contributed by atoms with Crippen molar-refractivity contribution in [3.05, 3.63) is 218 Å². The summed E-state index contributed by atoms with van der Waals surface area (Å²) < 4.78 is 44.3. The van der Waals surface area contributed by atoms with Gasteiger partial charge in [0, 0.05) is 33.7 Å². The molecule has 11 rings (SSSR count). The summed E-state index contributed by atoms with van der Waals surface area (Å²) >= 11 is 0. The second-order valence-corrected chi connectivity index (χ2v) is 15.4. The van der Waals surface area contributed by atoms with Gasteiger partial charge in [0.15, 0.2) is 0 Å². The average Bonchev–Trinajstić information content (AvgIpc) is 3.76. The lowest BCUT2D eigenvalue weighted by Gasteiger charge is -2.24. The van der Waals surface area contributed by atoms with Crippen LogP contribution in [0.3, 0.4) is 0 Å². The van der Waals surface area contributed by atoms with Gasteiger partial charge in [0.25, 0.3) is 0 Å². The number of pyridine rings is 1. The Morgan fingerprint density at radius 3 is 1.90 bits per heavy atom. The molecule has 0 aliphatic heterocycles. The second kappa shape index (κ2) is 15.1. The maximum atomic E-state index is 9.71. The second-order valence-electron chi connectivity index (χ2n) is 15.4. The van der Waals surface area contributed by atoms with E-state index in [-0.39, 0.29) is 36.1 Å². The van der Waals surface area contributed by atoms with Crippen LogP contribution in [-0.2, 0) is 0 Å². The first-order chi connectivity index (χ1) is 31.8. The van der Waals surface area contributed by atoms with Gasteiger partial charge in [-0.05, 0) is 85.1 Å². The van der Waals surface area contributed by atoms with Gasteiger partial charge in [0.2, 0.25) is 0 Å². The lowest BCUT2D eigenvalue weighted by atomic mass is 9.87. The van der Waals surface area contributed by atoms with Crippen LogP contribution >= 0.6 is 0 Å². The van der Waals surface area contributed by atoms with Crippen molar-refractivity contribution >= 4 is 45.1 Å². The molecule has 0 saturated heterocycles. The van der Waals surface area contributed by atoms with Crippen molar-refractivity contribution in [1.82, 2.24) is 4.98 Å². The molecule has 288 valence electrons. The Bertz CT molecular complexity index is 3590. The molecule has 0 spiro atoms. The minimum Gasteiger partial charge on any atom is -0.455 e. The molecule has 0 N–H and O–H groups in total. The Morgan fingerprint density at radius 2 is 1.16 bits per heavy atom. The highest BCUT2D eigenvalue weighted by Crippen LogP contribution is 2.51. The van der Waals surface area contributed by atoms with E-state index < -0.39 is 0 Å². The lowest BCUT2D eigenvalue weighted by Crippen LogP contribution is -2.13. The van der Waals surface area contributed by atoms with Crippen LogP contribution in [-0.4, -0.2) is 11.7 Å². The molecule has 0 bridgehead atoms. The Balaban J connectivity index is 1.16. The molecule has 0 radical (unpaired) electrons. The number of benzene rings is 8. The Morgan fingerprint density at radius 1 is 0.557 bits per heavy atom. The van der Waals surface area contributed by atoms with Crippen LogP contribution in [0, 0.1) is 5.92 Å². The van der Waals surface area contributed by atoms with Gasteiger partial charge in [0.05, 0.1) is 16.9 Å². The van der Waals surface area contributed by atoms with Gasteiger partial charge in [-0.3, -0.25) is 4.99 Å². The van der Waals surface area contributed by atoms with E-state index in [0.29, 0.717) is 44.6 Å². The number of nitrogens with zero attached hydrogens (tertiary/aromatic N) is 2. The Hall–Kier alpha value is -7.88. The third kappa shape index (κ3) is 6.13. The summed E-state index contributed by atoms with van der Waals surface area (Å²) in [5.41, 5.74) is 9.33. The third-order valence-corrected chi connectivity index (χ3v) is 11.9. The van der Waals surface area contributed by atoms with E-state index in [1.807, 2.05) is 78.9 Å². The molecular formula is C58H40N2O. The number of hydrogen-bond acceptors (Lipinski definition) is 3. The Kier molecular flexibility index (Phi) is 7.90. The highest BCUT2D eigenvalue weighted by molar-refractivity contribution is 6.15. The number of hydrogen-bond donors (Lipinski definition) is 0. The molecule has 2 heterocycles. The fourth-order valence-corrected chi connectivity index (χ4v) is 9.05. The molecule has 1 aliphatic rings.